The number of benzene rings is 2. The molecular formula is C24H26N4O5. The predicted octanol–water partition coefficient (Wildman–Crippen LogP) is 4.46. The molecular weight excluding hydrogens is 424 g/mol. The molecule has 0 saturated carbocycles. The third kappa shape index (κ3) is 5.97. The molecule has 0 amide bonds. The van der Waals surface area contributed by atoms with Gasteiger partial charge in [-0.2, -0.15) is 9.97 Å². The van der Waals surface area contributed by atoms with Gasteiger partial charge < -0.3 is 23.8 Å². The zero-order chi connectivity index (χ0) is 23.6. The zero-order valence-corrected chi connectivity index (χ0v) is 19.0. The molecule has 0 aliphatic rings. The van der Waals surface area contributed by atoms with Crippen molar-refractivity contribution >= 4 is 17.5 Å². The van der Waals surface area contributed by atoms with E-state index in [-0.39, 0.29) is 17.6 Å². The normalized spacial score (nSPS) is 11.0. The second kappa shape index (κ2) is 11.5. The lowest BCUT2D eigenvalue weighted by Gasteiger charge is -2.19. The lowest BCUT2D eigenvalue weighted by molar-refractivity contribution is -0.133. The first-order valence-electron chi connectivity index (χ1n) is 10.4. The van der Waals surface area contributed by atoms with Gasteiger partial charge in [0.1, 0.15) is 17.1 Å². The Morgan fingerprint density at radius 1 is 0.879 bits per heavy atom. The highest BCUT2D eigenvalue weighted by molar-refractivity contribution is 6.17. The summed E-state index contributed by atoms with van der Waals surface area (Å²) in [6, 6.07) is 16.3. The minimum Gasteiger partial charge on any atom is -0.503 e. The second-order valence-electron chi connectivity index (χ2n) is 6.64. The number of carbonyl (C=O) groups excluding carboxylic acids is 1. The standard InChI is InChI=1S/C24H26N4O5/c1-5-28(6-2)22-25-23(32-17-12-8-7-9-13-17)27-24(26-22)33-20-15-11-10-14-18(20)19(16-30-3)21(29)31-4/h7-16H,5-6H2,1-4H3. The number of carbonyl (C=O) groups is 1. The lowest BCUT2D eigenvalue weighted by atomic mass is 10.1. The number of anilines is 1. The molecule has 3 aromatic rings. The Morgan fingerprint density at radius 3 is 2.15 bits per heavy atom. The van der Waals surface area contributed by atoms with E-state index in [0.717, 1.165) is 0 Å². The van der Waals surface area contributed by atoms with Gasteiger partial charge in [0.15, 0.2) is 0 Å². The molecule has 0 aliphatic heterocycles. The number of esters is 1. The van der Waals surface area contributed by atoms with Crippen molar-refractivity contribution < 1.29 is 23.7 Å². The molecule has 0 aliphatic carbocycles. The number of hydrogen-bond acceptors (Lipinski definition) is 9. The minimum atomic E-state index is -0.569. The molecule has 0 atom stereocenters. The lowest BCUT2D eigenvalue weighted by Crippen LogP contribution is -2.24. The molecule has 1 heterocycles. The van der Waals surface area contributed by atoms with Crippen LogP contribution in [0.2, 0.25) is 0 Å². The fourth-order valence-electron chi connectivity index (χ4n) is 2.99. The molecule has 0 N–H and O–H groups in total. The fraction of sp³-hybridized carbons (Fsp3) is 0.250. The molecule has 9 heteroatoms. The van der Waals surface area contributed by atoms with Gasteiger partial charge in [-0.1, -0.05) is 36.4 Å². The number of ether oxygens (including phenoxy) is 4. The monoisotopic (exact) mass is 450 g/mol. The Bertz CT molecular complexity index is 1100. The van der Waals surface area contributed by atoms with E-state index in [0.29, 0.717) is 36.1 Å². The summed E-state index contributed by atoms with van der Waals surface area (Å²) in [5.74, 6) is 0.764. The molecule has 0 fully saturated rings. The van der Waals surface area contributed by atoms with E-state index in [1.54, 1.807) is 36.4 Å². The molecule has 9 nitrogen and oxygen atoms in total. The van der Waals surface area contributed by atoms with Gasteiger partial charge in [-0.25, -0.2) is 4.79 Å². The highest BCUT2D eigenvalue weighted by Crippen LogP contribution is 2.31. The number of rotatable bonds is 10. The zero-order valence-electron chi connectivity index (χ0n) is 19.0. The molecule has 33 heavy (non-hydrogen) atoms. The van der Waals surface area contributed by atoms with Crippen molar-refractivity contribution in [2.24, 2.45) is 0 Å². The van der Waals surface area contributed by atoms with Gasteiger partial charge in [0.25, 0.3) is 0 Å². The van der Waals surface area contributed by atoms with Gasteiger partial charge >= 0.3 is 18.0 Å². The van der Waals surface area contributed by atoms with E-state index in [9.17, 15) is 4.79 Å². The van der Waals surface area contributed by atoms with Crippen molar-refractivity contribution in [3.63, 3.8) is 0 Å². The summed E-state index contributed by atoms with van der Waals surface area (Å²) in [5, 5.41) is 0. The Balaban J connectivity index is 2.03. The summed E-state index contributed by atoms with van der Waals surface area (Å²) in [5.41, 5.74) is 0.649. The average Bonchev–Trinajstić information content (AvgIpc) is 2.84. The Labute approximate surface area is 192 Å². The van der Waals surface area contributed by atoms with Crippen molar-refractivity contribution in [1.29, 1.82) is 0 Å². The van der Waals surface area contributed by atoms with Crippen molar-refractivity contribution in [2.45, 2.75) is 13.8 Å². The third-order valence-corrected chi connectivity index (χ3v) is 4.60. The Kier molecular flexibility index (Phi) is 8.18. The Hall–Kier alpha value is -4.14. The SMILES string of the molecule is CCN(CC)c1nc(Oc2ccccc2)nc(Oc2ccccc2C(=COC)C(=O)OC)n1. The first-order valence-corrected chi connectivity index (χ1v) is 10.4. The van der Waals surface area contributed by atoms with Crippen LogP contribution in [0.1, 0.15) is 19.4 Å². The van der Waals surface area contributed by atoms with Crippen molar-refractivity contribution in [1.82, 2.24) is 15.0 Å². The van der Waals surface area contributed by atoms with Crippen molar-refractivity contribution in [3.05, 3.63) is 66.4 Å². The number of nitrogens with zero attached hydrogens (tertiary/aromatic N) is 4. The fourth-order valence-corrected chi connectivity index (χ4v) is 2.99. The number of para-hydroxylation sites is 2. The van der Waals surface area contributed by atoms with Crippen LogP contribution in [-0.4, -0.2) is 48.2 Å². The summed E-state index contributed by atoms with van der Waals surface area (Å²) in [6.07, 6.45) is 1.30. The van der Waals surface area contributed by atoms with Crippen LogP contribution >= 0.6 is 0 Å². The van der Waals surface area contributed by atoms with Crippen LogP contribution in [-0.2, 0) is 14.3 Å². The van der Waals surface area contributed by atoms with E-state index in [2.05, 4.69) is 15.0 Å². The largest absolute Gasteiger partial charge is 0.503 e. The van der Waals surface area contributed by atoms with Gasteiger partial charge in [-0.15, -0.1) is 4.98 Å². The van der Waals surface area contributed by atoms with Gasteiger partial charge in [-0.05, 0) is 32.0 Å². The van der Waals surface area contributed by atoms with Gasteiger partial charge in [0.05, 0.1) is 20.5 Å². The quantitative estimate of drug-likeness (QED) is 0.252. The van der Waals surface area contributed by atoms with Crippen LogP contribution in [0.5, 0.6) is 23.5 Å². The maximum absolute atomic E-state index is 12.3. The summed E-state index contributed by atoms with van der Waals surface area (Å²) in [6.45, 7) is 5.37. The summed E-state index contributed by atoms with van der Waals surface area (Å²) in [7, 11) is 2.74. The molecule has 0 spiro atoms. The highest BCUT2D eigenvalue weighted by Gasteiger charge is 2.20. The first kappa shape index (κ1) is 23.5. The molecule has 1 aromatic heterocycles. The van der Waals surface area contributed by atoms with E-state index in [4.69, 9.17) is 18.9 Å². The van der Waals surface area contributed by atoms with Crippen LogP contribution in [0.4, 0.5) is 5.95 Å². The summed E-state index contributed by atoms with van der Waals surface area (Å²) in [4.78, 5) is 27.5. The van der Waals surface area contributed by atoms with Crippen LogP contribution in [0, 0.1) is 0 Å². The summed E-state index contributed by atoms with van der Waals surface area (Å²) >= 11 is 0. The number of methoxy groups -OCH3 is 2. The molecule has 2 aromatic carbocycles. The maximum Gasteiger partial charge on any atom is 0.341 e. The topological polar surface area (TPSA) is 95.9 Å². The molecule has 0 radical (unpaired) electrons. The van der Waals surface area contributed by atoms with E-state index < -0.39 is 5.97 Å². The number of aromatic nitrogens is 3. The molecule has 172 valence electrons. The van der Waals surface area contributed by atoms with Gasteiger partial charge in [0.2, 0.25) is 5.95 Å². The maximum atomic E-state index is 12.3. The second-order valence-corrected chi connectivity index (χ2v) is 6.64. The van der Waals surface area contributed by atoms with E-state index in [1.807, 2.05) is 36.9 Å². The molecule has 0 unspecified atom stereocenters. The van der Waals surface area contributed by atoms with Gasteiger partial charge in [0, 0.05) is 18.7 Å². The molecule has 0 saturated heterocycles. The van der Waals surface area contributed by atoms with Crippen LogP contribution in [0.3, 0.4) is 0 Å². The van der Waals surface area contributed by atoms with E-state index >= 15 is 0 Å². The first-order chi connectivity index (χ1) is 16.1. The van der Waals surface area contributed by atoms with Crippen LogP contribution in [0.15, 0.2) is 60.9 Å². The molecule has 0 bridgehead atoms. The minimum absolute atomic E-state index is 0.0203. The highest BCUT2D eigenvalue weighted by atomic mass is 16.5. The molecule has 3 rings (SSSR count). The van der Waals surface area contributed by atoms with Crippen molar-refractivity contribution in [2.75, 3.05) is 32.2 Å². The van der Waals surface area contributed by atoms with Crippen LogP contribution < -0.4 is 14.4 Å². The summed E-state index contributed by atoms with van der Waals surface area (Å²) < 4.78 is 21.8. The van der Waals surface area contributed by atoms with Gasteiger partial charge in [-0.3, -0.25) is 0 Å². The smallest absolute Gasteiger partial charge is 0.341 e. The average molecular weight is 450 g/mol. The third-order valence-electron chi connectivity index (χ3n) is 4.60. The predicted molar refractivity (Wildman–Crippen MR) is 123 cm³/mol. The van der Waals surface area contributed by atoms with Crippen LogP contribution in [0.25, 0.3) is 5.57 Å². The van der Waals surface area contributed by atoms with Crippen molar-refractivity contribution in [3.8, 4) is 23.5 Å². The van der Waals surface area contributed by atoms with E-state index in [1.165, 1.54) is 20.5 Å². The number of hydrogen-bond donors (Lipinski definition) is 0. The Morgan fingerprint density at radius 2 is 1.52 bits per heavy atom.